The highest BCUT2D eigenvalue weighted by atomic mass is 32.2. The number of nitro groups is 1. The van der Waals surface area contributed by atoms with Gasteiger partial charge in [0.2, 0.25) is 15.9 Å². The number of carbonyl (C=O) groups is 1. The van der Waals surface area contributed by atoms with Crippen molar-refractivity contribution in [3.8, 4) is 0 Å². The normalized spacial score (nSPS) is 17.0. The quantitative estimate of drug-likeness (QED) is 0.446. The zero-order valence-electron chi connectivity index (χ0n) is 11.0. The Balaban J connectivity index is 2.37. The number of anilines is 1. The molecule has 9 nitrogen and oxygen atoms in total. The zero-order valence-corrected chi connectivity index (χ0v) is 11.8. The van der Waals surface area contributed by atoms with Gasteiger partial charge in [-0.3, -0.25) is 14.9 Å². The summed E-state index contributed by atoms with van der Waals surface area (Å²) in [4.78, 5) is 21.1. The SMILES string of the molecule is Nc1ccc(S(=O)(=O)N2CCNC(=O)CC2)cc1[N+](=O)[O-]. The predicted molar refractivity (Wildman–Crippen MR) is 73.9 cm³/mol. The number of benzene rings is 1. The van der Waals surface area contributed by atoms with Crippen molar-refractivity contribution in [3.63, 3.8) is 0 Å². The van der Waals surface area contributed by atoms with Crippen LogP contribution in [0.5, 0.6) is 0 Å². The summed E-state index contributed by atoms with van der Waals surface area (Å²) < 4.78 is 26.0. The molecule has 0 saturated carbocycles. The first kappa shape index (κ1) is 15.2. The van der Waals surface area contributed by atoms with Crippen LogP contribution in [0.4, 0.5) is 11.4 Å². The Bertz CT molecular complexity index is 688. The van der Waals surface area contributed by atoms with Crippen molar-refractivity contribution in [1.82, 2.24) is 9.62 Å². The number of hydrogen-bond donors (Lipinski definition) is 2. The van der Waals surface area contributed by atoms with E-state index in [0.717, 1.165) is 10.4 Å². The average Bonchev–Trinajstić information content (AvgIpc) is 2.63. The van der Waals surface area contributed by atoms with E-state index in [1.807, 2.05) is 0 Å². The van der Waals surface area contributed by atoms with Gasteiger partial charge in [-0.05, 0) is 12.1 Å². The molecule has 0 aromatic heterocycles. The van der Waals surface area contributed by atoms with E-state index in [-0.39, 0.29) is 42.5 Å². The zero-order chi connectivity index (χ0) is 15.6. The molecule has 1 fully saturated rings. The maximum absolute atomic E-state index is 12.5. The van der Waals surface area contributed by atoms with Gasteiger partial charge in [0, 0.05) is 32.1 Å². The van der Waals surface area contributed by atoms with E-state index < -0.39 is 20.6 Å². The predicted octanol–water partition coefficient (Wildman–Crippen LogP) is -0.312. The first-order valence-corrected chi connectivity index (χ1v) is 7.57. The van der Waals surface area contributed by atoms with Gasteiger partial charge in [-0.25, -0.2) is 8.42 Å². The Kier molecular flexibility index (Phi) is 4.09. The second kappa shape index (κ2) is 5.66. The van der Waals surface area contributed by atoms with Crippen LogP contribution in [-0.4, -0.2) is 43.2 Å². The highest BCUT2D eigenvalue weighted by Gasteiger charge is 2.28. The van der Waals surface area contributed by atoms with Gasteiger partial charge in [-0.2, -0.15) is 4.31 Å². The molecule has 0 atom stereocenters. The first-order valence-electron chi connectivity index (χ1n) is 6.13. The van der Waals surface area contributed by atoms with E-state index in [9.17, 15) is 23.3 Å². The van der Waals surface area contributed by atoms with Crippen molar-refractivity contribution in [2.45, 2.75) is 11.3 Å². The third-order valence-electron chi connectivity index (χ3n) is 3.11. The van der Waals surface area contributed by atoms with Gasteiger partial charge in [0.15, 0.2) is 0 Å². The van der Waals surface area contributed by atoms with Gasteiger partial charge >= 0.3 is 0 Å². The third-order valence-corrected chi connectivity index (χ3v) is 5.00. The summed E-state index contributed by atoms with van der Waals surface area (Å²) >= 11 is 0. The Labute approximate surface area is 120 Å². The highest BCUT2D eigenvalue weighted by molar-refractivity contribution is 7.89. The van der Waals surface area contributed by atoms with Gasteiger partial charge in [-0.1, -0.05) is 0 Å². The summed E-state index contributed by atoms with van der Waals surface area (Å²) in [5, 5.41) is 13.4. The molecule has 0 unspecified atom stereocenters. The smallest absolute Gasteiger partial charge is 0.293 e. The minimum absolute atomic E-state index is 0.0341. The number of nitro benzene ring substituents is 1. The number of nitrogens with two attached hydrogens (primary N) is 1. The van der Waals surface area contributed by atoms with Crippen LogP contribution in [0.2, 0.25) is 0 Å². The van der Waals surface area contributed by atoms with Crippen molar-refractivity contribution in [2.75, 3.05) is 25.4 Å². The molecule has 0 radical (unpaired) electrons. The number of sulfonamides is 1. The van der Waals surface area contributed by atoms with Crippen LogP contribution in [0.15, 0.2) is 23.1 Å². The Hall–Kier alpha value is -2.20. The lowest BCUT2D eigenvalue weighted by Crippen LogP contribution is -2.34. The van der Waals surface area contributed by atoms with E-state index in [0.29, 0.717) is 0 Å². The Morgan fingerprint density at radius 2 is 2.05 bits per heavy atom. The van der Waals surface area contributed by atoms with Crippen molar-refractivity contribution in [1.29, 1.82) is 0 Å². The number of nitrogen functional groups attached to an aromatic ring is 1. The van der Waals surface area contributed by atoms with Crippen molar-refractivity contribution < 1.29 is 18.1 Å². The molecule has 1 aromatic rings. The topological polar surface area (TPSA) is 136 Å². The van der Waals surface area contributed by atoms with Gasteiger partial charge in [-0.15, -0.1) is 0 Å². The number of carbonyl (C=O) groups excluding carboxylic acids is 1. The van der Waals surface area contributed by atoms with E-state index in [4.69, 9.17) is 5.73 Å². The minimum Gasteiger partial charge on any atom is -0.393 e. The number of nitrogens with zero attached hydrogens (tertiary/aromatic N) is 2. The van der Waals surface area contributed by atoms with Gasteiger partial charge in [0.1, 0.15) is 5.69 Å². The summed E-state index contributed by atoms with van der Waals surface area (Å²) in [5.41, 5.74) is 4.89. The van der Waals surface area contributed by atoms with Crippen LogP contribution >= 0.6 is 0 Å². The Morgan fingerprint density at radius 1 is 1.33 bits per heavy atom. The van der Waals surface area contributed by atoms with Crippen LogP contribution in [0.1, 0.15) is 6.42 Å². The molecule has 1 aliphatic rings. The molecule has 1 aromatic carbocycles. The molecule has 3 N–H and O–H groups in total. The summed E-state index contributed by atoms with van der Waals surface area (Å²) in [6.07, 6.45) is 0.0519. The van der Waals surface area contributed by atoms with Crippen molar-refractivity contribution >= 4 is 27.3 Å². The molecule has 0 spiro atoms. The van der Waals surface area contributed by atoms with Gasteiger partial charge < -0.3 is 11.1 Å². The third kappa shape index (κ3) is 3.11. The number of hydrogen-bond acceptors (Lipinski definition) is 6. The van der Waals surface area contributed by atoms with Gasteiger partial charge in [0.05, 0.1) is 9.82 Å². The van der Waals surface area contributed by atoms with Gasteiger partial charge in [0.25, 0.3) is 5.69 Å². The highest BCUT2D eigenvalue weighted by Crippen LogP contribution is 2.26. The molecule has 1 heterocycles. The molecule has 2 rings (SSSR count). The van der Waals surface area contributed by atoms with E-state index in [2.05, 4.69) is 5.32 Å². The van der Waals surface area contributed by atoms with Crippen LogP contribution in [-0.2, 0) is 14.8 Å². The largest absolute Gasteiger partial charge is 0.393 e. The summed E-state index contributed by atoms with van der Waals surface area (Å²) in [5.74, 6) is -0.226. The fourth-order valence-electron chi connectivity index (χ4n) is 1.98. The average molecular weight is 314 g/mol. The summed E-state index contributed by atoms with van der Waals surface area (Å²) in [6.45, 7) is 0.355. The Morgan fingerprint density at radius 3 is 2.71 bits per heavy atom. The molecule has 1 aliphatic heterocycles. The van der Waals surface area contributed by atoms with Crippen LogP contribution in [0.3, 0.4) is 0 Å². The molecule has 114 valence electrons. The summed E-state index contributed by atoms with van der Waals surface area (Å²) in [6, 6.07) is 3.34. The number of rotatable bonds is 3. The molecule has 0 aliphatic carbocycles. The van der Waals surface area contributed by atoms with E-state index >= 15 is 0 Å². The van der Waals surface area contributed by atoms with E-state index in [1.54, 1.807) is 0 Å². The molecule has 0 bridgehead atoms. The van der Waals surface area contributed by atoms with Crippen LogP contribution < -0.4 is 11.1 Å². The molecular weight excluding hydrogens is 300 g/mol. The van der Waals surface area contributed by atoms with E-state index in [1.165, 1.54) is 12.1 Å². The minimum atomic E-state index is -3.90. The standard InChI is InChI=1S/C11H14N4O5S/c12-9-2-1-8(7-10(9)15(17)18)21(19,20)14-5-3-11(16)13-4-6-14/h1-2,7H,3-6,12H2,(H,13,16). The van der Waals surface area contributed by atoms with Crippen molar-refractivity contribution in [2.24, 2.45) is 0 Å². The fourth-order valence-corrected chi connectivity index (χ4v) is 3.44. The maximum atomic E-state index is 12.5. The van der Waals surface area contributed by atoms with Crippen LogP contribution in [0, 0.1) is 10.1 Å². The lowest BCUT2D eigenvalue weighted by molar-refractivity contribution is -0.384. The molecule has 1 amide bonds. The molecular formula is C11H14N4O5S. The first-order chi connectivity index (χ1) is 9.82. The maximum Gasteiger partial charge on any atom is 0.293 e. The second-order valence-corrected chi connectivity index (χ2v) is 6.42. The lowest BCUT2D eigenvalue weighted by Gasteiger charge is -2.19. The fraction of sp³-hybridized carbons (Fsp3) is 0.364. The van der Waals surface area contributed by atoms with Crippen LogP contribution in [0.25, 0.3) is 0 Å². The summed E-state index contributed by atoms with van der Waals surface area (Å²) in [7, 11) is -3.90. The van der Waals surface area contributed by atoms with Crippen molar-refractivity contribution in [3.05, 3.63) is 28.3 Å². The second-order valence-electron chi connectivity index (χ2n) is 4.48. The molecule has 10 heteroatoms. The number of nitrogens with one attached hydrogen (secondary N) is 1. The number of amides is 1. The molecule has 21 heavy (non-hydrogen) atoms. The molecule has 1 saturated heterocycles. The lowest BCUT2D eigenvalue weighted by atomic mass is 10.3. The monoisotopic (exact) mass is 314 g/mol.